The Balaban J connectivity index is 2.69. The fraction of sp³-hybridized carbons (Fsp3) is 0.750. The molecule has 1 fully saturated rings. The maximum absolute atomic E-state index is 12.0. The number of hydrogen-bond donors (Lipinski definition) is 2. The molecule has 8 nitrogen and oxygen atoms in total. The van der Waals surface area contributed by atoms with Gasteiger partial charge >= 0.3 is 5.97 Å². The highest BCUT2D eigenvalue weighted by Gasteiger charge is 2.29. The summed E-state index contributed by atoms with van der Waals surface area (Å²) >= 11 is 0. The predicted octanol–water partition coefficient (Wildman–Crippen LogP) is 1.54. The Morgan fingerprint density at radius 1 is 1.12 bits per heavy atom. The van der Waals surface area contributed by atoms with Gasteiger partial charge in [0, 0.05) is 13.5 Å². The summed E-state index contributed by atoms with van der Waals surface area (Å²) in [7, 11) is 1.38. The van der Waals surface area contributed by atoms with Crippen molar-refractivity contribution in [2.45, 2.75) is 64.0 Å². The Morgan fingerprint density at radius 3 is 2.33 bits per heavy atom. The number of cyclic esters (lactones) is 1. The number of nitrogens with one attached hydrogen (secondary N) is 2. The summed E-state index contributed by atoms with van der Waals surface area (Å²) in [6, 6.07) is 0. The number of amides is 1. The first-order valence-electron chi connectivity index (χ1n) is 8.43. The third-order valence-electron chi connectivity index (χ3n) is 3.89. The van der Waals surface area contributed by atoms with Crippen LogP contribution in [0.15, 0.2) is 0 Å². The van der Waals surface area contributed by atoms with E-state index in [1.165, 1.54) is 7.05 Å². The van der Waals surface area contributed by atoms with E-state index in [9.17, 15) is 14.4 Å². The molecule has 0 aromatic heterocycles. The molecule has 0 saturated carbocycles. The zero-order valence-corrected chi connectivity index (χ0v) is 14.2. The van der Waals surface area contributed by atoms with Crippen molar-refractivity contribution in [1.29, 1.82) is 5.41 Å². The van der Waals surface area contributed by atoms with Gasteiger partial charge in [0.2, 0.25) is 11.9 Å². The summed E-state index contributed by atoms with van der Waals surface area (Å²) in [4.78, 5) is 35.5. The lowest BCUT2D eigenvalue weighted by Gasteiger charge is -2.26. The molecule has 0 spiro atoms. The second-order valence-corrected chi connectivity index (χ2v) is 5.84. The molecule has 136 valence electrons. The Labute approximate surface area is 142 Å². The highest BCUT2D eigenvalue weighted by molar-refractivity contribution is 5.96. The molecule has 0 radical (unpaired) electrons. The molecule has 8 heteroatoms. The first-order valence-corrected chi connectivity index (χ1v) is 8.43. The minimum Gasteiger partial charge on any atom is -0.461 e. The first kappa shape index (κ1) is 19.9. The summed E-state index contributed by atoms with van der Waals surface area (Å²) in [5.41, 5.74) is 0. The van der Waals surface area contributed by atoms with E-state index in [0.29, 0.717) is 6.42 Å². The SMILES string of the molecule is CN1C(=N)NC(=O)CCCCCCCCCCOC(=O)C1OC=O. The topological polar surface area (TPSA) is 109 Å². The summed E-state index contributed by atoms with van der Waals surface area (Å²) in [6.45, 7) is 0.366. The van der Waals surface area contributed by atoms with Crippen LogP contribution in [0.3, 0.4) is 0 Å². The zero-order valence-electron chi connectivity index (χ0n) is 14.2. The number of guanidine groups is 1. The third-order valence-corrected chi connectivity index (χ3v) is 3.89. The van der Waals surface area contributed by atoms with Crippen LogP contribution in [0, 0.1) is 5.41 Å². The van der Waals surface area contributed by atoms with Crippen molar-refractivity contribution in [1.82, 2.24) is 10.2 Å². The van der Waals surface area contributed by atoms with Crippen molar-refractivity contribution in [2.75, 3.05) is 13.7 Å². The zero-order chi connectivity index (χ0) is 17.8. The molecule has 1 aliphatic heterocycles. The molecular weight excluding hydrogens is 314 g/mol. The van der Waals surface area contributed by atoms with Gasteiger partial charge < -0.3 is 14.4 Å². The van der Waals surface area contributed by atoms with Gasteiger partial charge in [0.25, 0.3) is 12.7 Å². The number of rotatable bonds is 2. The van der Waals surface area contributed by atoms with Crippen LogP contribution in [-0.4, -0.2) is 49.1 Å². The van der Waals surface area contributed by atoms with E-state index in [1.807, 2.05) is 0 Å². The molecule has 1 heterocycles. The van der Waals surface area contributed by atoms with Crippen LogP contribution >= 0.6 is 0 Å². The molecule has 24 heavy (non-hydrogen) atoms. The van der Waals surface area contributed by atoms with Crippen LogP contribution < -0.4 is 5.32 Å². The molecule has 1 amide bonds. The highest BCUT2D eigenvalue weighted by Crippen LogP contribution is 2.11. The van der Waals surface area contributed by atoms with Crippen LogP contribution in [0.1, 0.15) is 57.8 Å². The molecule has 0 aromatic rings. The summed E-state index contributed by atoms with van der Waals surface area (Å²) in [5, 5.41) is 10.3. The Morgan fingerprint density at radius 2 is 1.71 bits per heavy atom. The number of esters is 1. The molecule has 0 aromatic carbocycles. The van der Waals surface area contributed by atoms with Crippen LogP contribution in [0.2, 0.25) is 0 Å². The van der Waals surface area contributed by atoms with E-state index < -0.39 is 12.2 Å². The monoisotopic (exact) mass is 341 g/mol. The summed E-state index contributed by atoms with van der Waals surface area (Å²) in [5.74, 6) is -1.37. The number of ether oxygens (including phenoxy) is 2. The molecule has 1 atom stereocenters. The van der Waals surface area contributed by atoms with Gasteiger partial charge in [-0.05, 0) is 12.8 Å². The number of carbonyl (C=O) groups excluding carboxylic acids is 3. The van der Waals surface area contributed by atoms with Gasteiger partial charge in [-0.25, -0.2) is 4.79 Å². The fourth-order valence-electron chi connectivity index (χ4n) is 2.45. The third kappa shape index (κ3) is 7.43. The van der Waals surface area contributed by atoms with Crippen molar-refractivity contribution in [3.05, 3.63) is 0 Å². The van der Waals surface area contributed by atoms with E-state index in [1.54, 1.807) is 0 Å². The normalized spacial score (nSPS) is 23.0. The van der Waals surface area contributed by atoms with Crippen molar-refractivity contribution in [3.63, 3.8) is 0 Å². The average molecular weight is 341 g/mol. The molecule has 1 rings (SSSR count). The second-order valence-electron chi connectivity index (χ2n) is 5.84. The molecule has 1 aliphatic rings. The van der Waals surface area contributed by atoms with Gasteiger partial charge in [0.05, 0.1) is 6.61 Å². The molecule has 1 unspecified atom stereocenters. The lowest BCUT2D eigenvalue weighted by Crippen LogP contribution is -2.50. The predicted molar refractivity (Wildman–Crippen MR) is 87.1 cm³/mol. The van der Waals surface area contributed by atoms with Crippen molar-refractivity contribution < 1.29 is 23.9 Å². The number of hydrogen-bond acceptors (Lipinski definition) is 6. The van der Waals surface area contributed by atoms with Gasteiger partial charge in [-0.2, -0.15) is 0 Å². The average Bonchev–Trinajstić information content (AvgIpc) is 2.55. The van der Waals surface area contributed by atoms with Crippen molar-refractivity contribution in [2.24, 2.45) is 0 Å². The molecule has 0 aliphatic carbocycles. The van der Waals surface area contributed by atoms with E-state index in [2.05, 4.69) is 5.32 Å². The molecular formula is C16H27N3O5. The van der Waals surface area contributed by atoms with Crippen molar-refractivity contribution in [3.8, 4) is 0 Å². The Hall–Kier alpha value is -2.12. The van der Waals surface area contributed by atoms with Crippen LogP contribution in [0.5, 0.6) is 0 Å². The van der Waals surface area contributed by atoms with Crippen LogP contribution in [0.25, 0.3) is 0 Å². The molecule has 0 bridgehead atoms. The molecule has 2 N–H and O–H groups in total. The highest BCUT2D eigenvalue weighted by atomic mass is 16.6. The minimum absolute atomic E-state index is 0.125. The van der Waals surface area contributed by atoms with E-state index in [4.69, 9.17) is 14.9 Å². The van der Waals surface area contributed by atoms with E-state index in [-0.39, 0.29) is 24.9 Å². The van der Waals surface area contributed by atoms with Crippen molar-refractivity contribution >= 4 is 24.3 Å². The first-order chi connectivity index (χ1) is 11.6. The summed E-state index contributed by atoms with van der Waals surface area (Å²) in [6.07, 6.45) is 6.83. The summed E-state index contributed by atoms with van der Waals surface area (Å²) < 4.78 is 9.82. The number of carbonyl (C=O) groups is 3. The maximum Gasteiger partial charge on any atom is 0.369 e. The van der Waals surface area contributed by atoms with Gasteiger partial charge in [0.1, 0.15) is 0 Å². The van der Waals surface area contributed by atoms with Gasteiger partial charge in [-0.15, -0.1) is 0 Å². The standard InChI is InChI=1S/C16H27N3O5/c1-19-14(24-12-20)15(22)23-11-9-7-5-3-2-4-6-8-10-13(21)18-16(19)17/h12,14H,2-11H2,1H3,(H2,17,18,21). The largest absolute Gasteiger partial charge is 0.461 e. The Bertz CT molecular complexity index is 441. The van der Waals surface area contributed by atoms with E-state index >= 15 is 0 Å². The minimum atomic E-state index is -1.38. The Kier molecular flexibility index (Phi) is 9.48. The lowest BCUT2D eigenvalue weighted by atomic mass is 10.1. The number of nitrogens with zero attached hydrogens (tertiary/aromatic N) is 1. The molecule has 1 saturated heterocycles. The lowest BCUT2D eigenvalue weighted by molar-refractivity contribution is -0.169. The maximum atomic E-state index is 12.0. The number of likely N-dealkylation sites (N-methyl/N-ethyl adjacent to an activating group) is 1. The smallest absolute Gasteiger partial charge is 0.369 e. The quantitative estimate of drug-likeness (QED) is 0.582. The van der Waals surface area contributed by atoms with Crippen LogP contribution in [-0.2, 0) is 23.9 Å². The second kappa shape index (κ2) is 11.4. The van der Waals surface area contributed by atoms with E-state index in [0.717, 1.165) is 56.3 Å². The van der Waals surface area contributed by atoms with Gasteiger partial charge in [-0.1, -0.05) is 38.5 Å². The van der Waals surface area contributed by atoms with Gasteiger partial charge in [-0.3, -0.25) is 20.3 Å². The van der Waals surface area contributed by atoms with Crippen LogP contribution in [0.4, 0.5) is 0 Å². The fourth-order valence-corrected chi connectivity index (χ4v) is 2.45. The van der Waals surface area contributed by atoms with Gasteiger partial charge in [0.15, 0.2) is 0 Å².